The summed E-state index contributed by atoms with van der Waals surface area (Å²) >= 11 is 0. The second kappa shape index (κ2) is 8.08. The lowest BCUT2D eigenvalue weighted by molar-refractivity contribution is 0.0914. The molecule has 3 rings (SSSR count). The summed E-state index contributed by atoms with van der Waals surface area (Å²) in [5, 5.41) is 0. The third kappa shape index (κ3) is 4.56. The molecular weight excluding hydrogens is 344 g/mol. The predicted molar refractivity (Wildman–Crippen MR) is 101 cm³/mol. The van der Waals surface area contributed by atoms with Gasteiger partial charge in [-0.3, -0.25) is 9.59 Å². The van der Waals surface area contributed by atoms with Crippen molar-refractivity contribution in [2.75, 3.05) is 7.11 Å². The van der Waals surface area contributed by atoms with Crippen molar-refractivity contribution in [1.29, 1.82) is 0 Å². The van der Waals surface area contributed by atoms with Crippen LogP contribution in [0, 0.1) is 13.8 Å². The molecule has 3 aromatic rings. The van der Waals surface area contributed by atoms with Gasteiger partial charge >= 0.3 is 0 Å². The Morgan fingerprint density at radius 3 is 1.67 bits per heavy atom. The van der Waals surface area contributed by atoms with Crippen LogP contribution in [0.3, 0.4) is 0 Å². The van der Waals surface area contributed by atoms with Gasteiger partial charge in [-0.25, -0.2) is 0 Å². The van der Waals surface area contributed by atoms with Gasteiger partial charge in [0, 0.05) is 12.8 Å². The second-order valence-corrected chi connectivity index (χ2v) is 6.55. The number of ketones is 2. The first-order valence-electron chi connectivity index (χ1n) is 8.79. The number of rotatable bonds is 8. The highest BCUT2D eigenvalue weighted by Gasteiger charge is 2.24. The molecule has 0 fully saturated rings. The summed E-state index contributed by atoms with van der Waals surface area (Å²) in [7, 11) is 1.60. The van der Waals surface area contributed by atoms with E-state index in [4.69, 9.17) is 13.6 Å². The van der Waals surface area contributed by atoms with Gasteiger partial charge in [-0.05, 0) is 61.7 Å². The number of hydrogen-bond acceptors (Lipinski definition) is 5. The van der Waals surface area contributed by atoms with E-state index in [1.54, 1.807) is 45.2 Å². The van der Waals surface area contributed by atoms with Gasteiger partial charge in [0.1, 0.15) is 17.3 Å². The van der Waals surface area contributed by atoms with Crippen LogP contribution in [0.15, 0.2) is 57.4 Å². The van der Waals surface area contributed by atoms with Gasteiger partial charge < -0.3 is 13.6 Å². The van der Waals surface area contributed by atoms with Gasteiger partial charge in [0.2, 0.25) is 0 Å². The maximum absolute atomic E-state index is 12.6. The molecule has 0 unspecified atom stereocenters. The fourth-order valence-corrected chi connectivity index (χ4v) is 3.00. The molecule has 0 aliphatic heterocycles. The largest absolute Gasteiger partial charge is 0.497 e. The topological polar surface area (TPSA) is 69.7 Å². The molecule has 5 heteroatoms. The number of ether oxygens (including phenoxy) is 1. The van der Waals surface area contributed by atoms with Gasteiger partial charge in [0.25, 0.3) is 0 Å². The van der Waals surface area contributed by atoms with E-state index in [1.165, 1.54) is 0 Å². The molecule has 5 nitrogen and oxygen atoms in total. The Balaban J connectivity index is 1.83. The molecule has 0 aliphatic rings. The monoisotopic (exact) mass is 366 g/mol. The molecule has 0 atom stereocenters. The number of furan rings is 2. The maximum Gasteiger partial charge on any atom is 0.198 e. The molecule has 0 aliphatic carbocycles. The van der Waals surface area contributed by atoms with Crippen LogP contribution in [0.5, 0.6) is 5.75 Å². The molecule has 0 bridgehead atoms. The van der Waals surface area contributed by atoms with E-state index in [0.29, 0.717) is 23.0 Å². The number of carbonyl (C=O) groups is 2. The molecule has 2 heterocycles. The van der Waals surface area contributed by atoms with E-state index < -0.39 is 0 Å². The highest BCUT2D eigenvalue weighted by atomic mass is 16.5. The second-order valence-electron chi connectivity index (χ2n) is 6.55. The van der Waals surface area contributed by atoms with Crippen LogP contribution in [0.25, 0.3) is 0 Å². The van der Waals surface area contributed by atoms with Crippen LogP contribution in [0.1, 0.15) is 57.0 Å². The lowest BCUT2D eigenvalue weighted by Crippen LogP contribution is -2.12. The van der Waals surface area contributed by atoms with Crippen LogP contribution < -0.4 is 4.74 Å². The number of carbonyl (C=O) groups excluding carboxylic acids is 2. The number of Topliss-reactive ketones (excluding diaryl/α,β-unsaturated/α-hetero) is 2. The normalized spacial score (nSPS) is 11.0. The summed E-state index contributed by atoms with van der Waals surface area (Å²) in [4.78, 5) is 25.3. The van der Waals surface area contributed by atoms with Gasteiger partial charge in [-0.1, -0.05) is 12.1 Å². The smallest absolute Gasteiger partial charge is 0.198 e. The molecule has 0 N–H and O–H groups in total. The fraction of sp³-hybridized carbons (Fsp3) is 0.273. The van der Waals surface area contributed by atoms with E-state index in [1.807, 2.05) is 24.3 Å². The van der Waals surface area contributed by atoms with Gasteiger partial charge in [0.15, 0.2) is 23.1 Å². The molecule has 1 aromatic carbocycles. The molecule has 0 radical (unpaired) electrons. The molecule has 0 spiro atoms. The summed E-state index contributed by atoms with van der Waals surface area (Å²) in [5.74, 6) is 2.16. The summed E-state index contributed by atoms with van der Waals surface area (Å²) < 4.78 is 16.1. The predicted octanol–water partition coefficient (Wildman–Crippen LogP) is 5.13. The molecule has 2 aromatic heterocycles. The maximum atomic E-state index is 12.6. The van der Waals surface area contributed by atoms with E-state index in [2.05, 4.69) is 0 Å². The summed E-state index contributed by atoms with van der Waals surface area (Å²) in [6.45, 7) is 3.58. The van der Waals surface area contributed by atoms with Crippen molar-refractivity contribution in [3.63, 3.8) is 0 Å². The fourth-order valence-electron chi connectivity index (χ4n) is 3.00. The van der Waals surface area contributed by atoms with Gasteiger partial charge in [-0.15, -0.1) is 0 Å². The molecule has 0 saturated heterocycles. The zero-order valence-corrected chi connectivity index (χ0v) is 15.7. The lowest BCUT2D eigenvalue weighted by atomic mass is 9.88. The average Bonchev–Trinajstić information content (AvgIpc) is 3.29. The third-order valence-corrected chi connectivity index (χ3v) is 4.48. The molecule has 0 amide bonds. The molecule has 27 heavy (non-hydrogen) atoms. The first-order valence-corrected chi connectivity index (χ1v) is 8.79. The first kappa shape index (κ1) is 18.7. The Morgan fingerprint density at radius 1 is 0.815 bits per heavy atom. The van der Waals surface area contributed by atoms with Crippen LogP contribution in [-0.2, 0) is 0 Å². The van der Waals surface area contributed by atoms with Crippen molar-refractivity contribution in [2.45, 2.75) is 32.6 Å². The highest BCUT2D eigenvalue weighted by Crippen LogP contribution is 2.29. The first-order chi connectivity index (χ1) is 13.0. The summed E-state index contributed by atoms with van der Waals surface area (Å²) in [5.41, 5.74) is 0.893. The average molecular weight is 366 g/mol. The van der Waals surface area contributed by atoms with Crippen molar-refractivity contribution in [3.8, 4) is 5.75 Å². The SMILES string of the molecule is COc1ccc(C(CC(=O)c2ccc(C)o2)CC(=O)c2ccc(C)o2)cc1. The number of hydrogen-bond donors (Lipinski definition) is 0. The van der Waals surface area contributed by atoms with Gasteiger partial charge in [-0.2, -0.15) is 0 Å². The van der Waals surface area contributed by atoms with E-state index >= 15 is 0 Å². The zero-order chi connectivity index (χ0) is 19.4. The molecule has 0 saturated carbocycles. The summed E-state index contributed by atoms with van der Waals surface area (Å²) in [6.07, 6.45) is 0.343. The Hall–Kier alpha value is -3.08. The van der Waals surface area contributed by atoms with E-state index in [0.717, 1.165) is 11.3 Å². The summed E-state index contributed by atoms with van der Waals surface area (Å²) in [6, 6.07) is 14.3. The third-order valence-electron chi connectivity index (χ3n) is 4.48. The minimum Gasteiger partial charge on any atom is -0.497 e. The molecular formula is C22H22O5. The van der Waals surface area contributed by atoms with Crippen LogP contribution in [0.2, 0.25) is 0 Å². The number of aryl methyl sites for hydroxylation is 2. The van der Waals surface area contributed by atoms with Crippen molar-refractivity contribution >= 4 is 11.6 Å². The number of benzene rings is 1. The Morgan fingerprint density at radius 2 is 1.30 bits per heavy atom. The minimum atomic E-state index is -0.285. The van der Waals surface area contributed by atoms with Crippen molar-refractivity contribution in [3.05, 3.63) is 77.1 Å². The quantitative estimate of drug-likeness (QED) is 0.517. The highest BCUT2D eigenvalue weighted by molar-refractivity contribution is 5.97. The Kier molecular flexibility index (Phi) is 5.60. The van der Waals surface area contributed by atoms with Crippen molar-refractivity contribution < 1.29 is 23.2 Å². The Labute approximate surface area is 157 Å². The van der Waals surface area contributed by atoms with Crippen molar-refractivity contribution in [1.82, 2.24) is 0 Å². The zero-order valence-electron chi connectivity index (χ0n) is 15.7. The van der Waals surface area contributed by atoms with Crippen LogP contribution in [-0.4, -0.2) is 18.7 Å². The van der Waals surface area contributed by atoms with E-state index in [9.17, 15) is 9.59 Å². The standard InChI is InChI=1S/C22H22O5/c1-14-4-10-21(26-14)19(23)12-17(16-6-8-18(25-3)9-7-16)13-20(24)22-11-5-15(2)27-22/h4-11,17H,12-13H2,1-3H3. The molecule has 140 valence electrons. The van der Waals surface area contributed by atoms with Crippen molar-refractivity contribution in [2.24, 2.45) is 0 Å². The number of methoxy groups -OCH3 is 1. The lowest BCUT2D eigenvalue weighted by Gasteiger charge is -2.15. The van der Waals surface area contributed by atoms with Crippen LogP contribution >= 0.6 is 0 Å². The minimum absolute atomic E-state index is 0.132. The van der Waals surface area contributed by atoms with Gasteiger partial charge in [0.05, 0.1) is 7.11 Å². The Bertz CT molecular complexity index is 876. The van der Waals surface area contributed by atoms with E-state index in [-0.39, 0.29) is 30.3 Å². The van der Waals surface area contributed by atoms with Crippen LogP contribution in [0.4, 0.5) is 0 Å².